The van der Waals surface area contributed by atoms with Crippen LogP contribution in [0.5, 0.6) is 0 Å². The van der Waals surface area contributed by atoms with Gasteiger partial charge >= 0.3 is 0 Å². The summed E-state index contributed by atoms with van der Waals surface area (Å²) in [4.78, 5) is 0.714. The monoisotopic (exact) mass is 304 g/mol. The lowest BCUT2D eigenvalue weighted by molar-refractivity contribution is 0.539. The SMILES string of the molecule is CCCCCCCCCCCCCCC(C)Br. The molecular weight excluding hydrogens is 272 g/mol. The third-order valence-corrected chi connectivity index (χ3v) is 3.91. The summed E-state index contributed by atoms with van der Waals surface area (Å²) in [6.07, 6.45) is 18.7. The van der Waals surface area contributed by atoms with Crippen molar-refractivity contribution in [2.45, 2.75) is 102 Å². The van der Waals surface area contributed by atoms with E-state index in [1.54, 1.807) is 0 Å². The van der Waals surface area contributed by atoms with Gasteiger partial charge in [0, 0.05) is 4.83 Å². The Labute approximate surface area is 118 Å². The van der Waals surface area contributed by atoms with E-state index in [0.717, 1.165) is 0 Å². The number of hydrogen-bond acceptors (Lipinski definition) is 0. The number of unbranched alkanes of at least 4 members (excludes halogenated alkanes) is 11. The quantitative estimate of drug-likeness (QED) is 0.257. The fraction of sp³-hybridized carbons (Fsp3) is 1.00. The van der Waals surface area contributed by atoms with Crippen molar-refractivity contribution in [1.82, 2.24) is 0 Å². The van der Waals surface area contributed by atoms with Crippen LogP contribution in [0.2, 0.25) is 0 Å². The Bertz CT molecular complexity index is 131. The summed E-state index contributed by atoms with van der Waals surface area (Å²) >= 11 is 3.60. The molecule has 0 nitrogen and oxygen atoms in total. The zero-order valence-corrected chi connectivity index (χ0v) is 13.7. The van der Waals surface area contributed by atoms with E-state index >= 15 is 0 Å². The molecule has 0 aliphatic heterocycles. The molecule has 104 valence electrons. The van der Waals surface area contributed by atoms with Crippen molar-refractivity contribution < 1.29 is 0 Å². The molecule has 0 amide bonds. The van der Waals surface area contributed by atoms with Crippen LogP contribution in [0, 0.1) is 0 Å². The van der Waals surface area contributed by atoms with E-state index in [4.69, 9.17) is 0 Å². The summed E-state index contributed by atoms with van der Waals surface area (Å²) in [7, 11) is 0. The maximum absolute atomic E-state index is 3.60. The molecule has 0 saturated heterocycles. The van der Waals surface area contributed by atoms with Gasteiger partial charge in [0.15, 0.2) is 0 Å². The van der Waals surface area contributed by atoms with Crippen LogP contribution in [0.25, 0.3) is 0 Å². The number of alkyl halides is 1. The van der Waals surface area contributed by atoms with Crippen molar-refractivity contribution in [3.63, 3.8) is 0 Å². The first-order valence-electron chi connectivity index (χ1n) is 7.91. The Morgan fingerprint density at radius 1 is 0.647 bits per heavy atom. The Balaban J connectivity index is 2.89. The largest absolute Gasteiger partial charge is 0.0894 e. The molecule has 0 saturated carbocycles. The van der Waals surface area contributed by atoms with Gasteiger partial charge in [0.1, 0.15) is 0 Å². The first-order valence-corrected chi connectivity index (χ1v) is 8.83. The summed E-state index contributed by atoms with van der Waals surface area (Å²) in [5.74, 6) is 0. The second-order valence-corrected chi connectivity index (χ2v) is 7.02. The molecule has 1 unspecified atom stereocenters. The average molecular weight is 305 g/mol. The topological polar surface area (TPSA) is 0 Å². The summed E-state index contributed by atoms with van der Waals surface area (Å²) in [6.45, 7) is 4.54. The third-order valence-electron chi connectivity index (χ3n) is 3.46. The molecule has 0 heterocycles. The molecular formula is C16H33Br. The molecule has 0 aliphatic rings. The van der Waals surface area contributed by atoms with Crippen LogP contribution in [-0.2, 0) is 0 Å². The predicted molar refractivity (Wildman–Crippen MR) is 84.1 cm³/mol. The van der Waals surface area contributed by atoms with Crippen molar-refractivity contribution in [3.8, 4) is 0 Å². The van der Waals surface area contributed by atoms with Crippen LogP contribution in [0.4, 0.5) is 0 Å². The molecule has 0 aromatic heterocycles. The minimum absolute atomic E-state index is 0.714. The second-order valence-electron chi connectivity index (χ2n) is 5.46. The van der Waals surface area contributed by atoms with E-state index in [1.807, 2.05) is 0 Å². The lowest BCUT2D eigenvalue weighted by atomic mass is 10.0. The maximum atomic E-state index is 3.60. The van der Waals surface area contributed by atoms with Crippen LogP contribution >= 0.6 is 15.9 Å². The fourth-order valence-electron chi connectivity index (χ4n) is 2.27. The van der Waals surface area contributed by atoms with Gasteiger partial charge in [-0.15, -0.1) is 0 Å². The minimum atomic E-state index is 0.714. The van der Waals surface area contributed by atoms with Crippen LogP contribution in [-0.4, -0.2) is 4.83 Å². The normalized spacial score (nSPS) is 12.9. The molecule has 0 aromatic carbocycles. The lowest BCUT2D eigenvalue weighted by Crippen LogP contribution is -1.89. The first-order chi connectivity index (χ1) is 8.27. The van der Waals surface area contributed by atoms with E-state index in [1.165, 1.54) is 83.5 Å². The minimum Gasteiger partial charge on any atom is -0.0894 e. The number of rotatable bonds is 13. The van der Waals surface area contributed by atoms with Crippen LogP contribution in [0.1, 0.15) is 97.3 Å². The smallest absolute Gasteiger partial charge is 0.0117 e. The Hall–Kier alpha value is 0.480. The number of hydrogen-bond donors (Lipinski definition) is 0. The highest BCUT2D eigenvalue weighted by Gasteiger charge is 1.96. The van der Waals surface area contributed by atoms with Gasteiger partial charge in [-0.05, 0) is 6.42 Å². The highest BCUT2D eigenvalue weighted by Crippen LogP contribution is 2.14. The summed E-state index contributed by atoms with van der Waals surface area (Å²) in [6, 6.07) is 0. The van der Waals surface area contributed by atoms with Crippen molar-refractivity contribution in [3.05, 3.63) is 0 Å². The fourth-order valence-corrected chi connectivity index (χ4v) is 2.59. The van der Waals surface area contributed by atoms with Gasteiger partial charge in [0.25, 0.3) is 0 Å². The summed E-state index contributed by atoms with van der Waals surface area (Å²) in [5.41, 5.74) is 0. The van der Waals surface area contributed by atoms with Crippen molar-refractivity contribution in [2.24, 2.45) is 0 Å². The van der Waals surface area contributed by atoms with E-state index in [-0.39, 0.29) is 0 Å². The van der Waals surface area contributed by atoms with E-state index in [0.29, 0.717) is 4.83 Å². The van der Waals surface area contributed by atoms with Crippen molar-refractivity contribution >= 4 is 15.9 Å². The third kappa shape index (κ3) is 16.5. The lowest BCUT2D eigenvalue weighted by Gasteiger charge is -2.04. The molecule has 0 aromatic rings. The van der Waals surface area contributed by atoms with Gasteiger partial charge in [-0.3, -0.25) is 0 Å². The zero-order chi connectivity index (χ0) is 12.8. The van der Waals surface area contributed by atoms with Gasteiger partial charge in [-0.2, -0.15) is 0 Å². The van der Waals surface area contributed by atoms with E-state index in [2.05, 4.69) is 29.8 Å². The highest BCUT2D eigenvalue weighted by molar-refractivity contribution is 9.09. The molecule has 0 bridgehead atoms. The number of halogens is 1. The Morgan fingerprint density at radius 3 is 1.35 bits per heavy atom. The van der Waals surface area contributed by atoms with Crippen LogP contribution in [0.3, 0.4) is 0 Å². The standard InChI is InChI=1S/C16H33Br/c1-3-4-5-6-7-8-9-10-11-12-13-14-15-16(2)17/h16H,3-15H2,1-2H3. The molecule has 0 N–H and O–H groups in total. The second kappa shape index (κ2) is 14.5. The van der Waals surface area contributed by atoms with Crippen molar-refractivity contribution in [1.29, 1.82) is 0 Å². The molecule has 0 rings (SSSR count). The van der Waals surface area contributed by atoms with Gasteiger partial charge in [0.05, 0.1) is 0 Å². The van der Waals surface area contributed by atoms with E-state index in [9.17, 15) is 0 Å². The predicted octanol–water partition coefficient (Wildman–Crippen LogP) is 6.86. The molecule has 0 spiro atoms. The highest BCUT2D eigenvalue weighted by atomic mass is 79.9. The first kappa shape index (κ1) is 17.5. The van der Waals surface area contributed by atoms with Gasteiger partial charge < -0.3 is 0 Å². The zero-order valence-electron chi connectivity index (χ0n) is 12.1. The van der Waals surface area contributed by atoms with Gasteiger partial charge in [0.2, 0.25) is 0 Å². The van der Waals surface area contributed by atoms with Gasteiger partial charge in [-0.25, -0.2) is 0 Å². The maximum Gasteiger partial charge on any atom is 0.0117 e. The van der Waals surface area contributed by atoms with E-state index < -0.39 is 0 Å². The summed E-state index contributed by atoms with van der Waals surface area (Å²) < 4.78 is 0. The van der Waals surface area contributed by atoms with Crippen LogP contribution in [0.15, 0.2) is 0 Å². The van der Waals surface area contributed by atoms with Crippen LogP contribution < -0.4 is 0 Å². The summed E-state index contributed by atoms with van der Waals surface area (Å²) in [5, 5.41) is 0. The average Bonchev–Trinajstić information content (AvgIpc) is 2.30. The van der Waals surface area contributed by atoms with Crippen molar-refractivity contribution in [2.75, 3.05) is 0 Å². The molecule has 0 aliphatic carbocycles. The Morgan fingerprint density at radius 2 is 1.00 bits per heavy atom. The molecule has 0 radical (unpaired) electrons. The molecule has 0 fully saturated rings. The Kier molecular flexibility index (Phi) is 15.0. The van der Waals surface area contributed by atoms with Gasteiger partial charge in [-0.1, -0.05) is 107 Å². The molecule has 1 heteroatoms. The molecule has 1 atom stereocenters. The molecule has 17 heavy (non-hydrogen) atoms.